The molecule has 11 heteroatoms. The maximum absolute atomic E-state index is 12.7. The van der Waals surface area contributed by atoms with Gasteiger partial charge in [0.15, 0.2) is 0 Å². The lowest BCUT2D eigenvalue weighted by atomic mass is 10.1. The fourth-order valence-corrected chi connectivity index (χ4v) is 4.62. The Labute approximate surface area is 171 Å². The highest BCUT2D eigenvalue weighted by Crippen LogP contribution is 2.25. The largest absolute Gasteiger partial charge is 0.336 e. The highest BCUT2D eigenvalue weighted by atomic mass is 35.5. The van der Waals surface area contributed by atoms with E-state index in [1.54, 1.807) is 0 Å². The van der Waals surface area contributed by atoms with Crippen LogP contribution in [0, 0.1) is 21.4 Å². The summed E-state index contributed by atoms with van der Waals surface area (Å²) < 4.78 is 26.8. The molecule has 0 aliphatic carbocycles. The van der Waals surface area contributed by atoms with Gasteiger partial charge < -0.3 is 4.90 Å². The zero-order valence-corrected chi connectivity index (χ0v) is 16.6. The van der Waals surface area contributed by atoms with E-state index in [1.165, 1.54) is 45.6 Å². The minimum Gasteiger partial charge on any atom is -0.336 e. The monoisotopic (exact) mass is 434 g/mol. The predicted octanol–water partition coefficient (Wildman–Crippen LogP) is 2.27. The topological polar surface area (TPSA) is 125 Å². The van der Waals surface area contributed by atoms with Gasteiger partial charge in [-0.3, -0.25) is 14.9 Å². The number of amides is 1. The molecule has 0 spiro atoms. The first-order chi connectivity index (χ1) is 13.7. The quantitative estimate of drug-likeness (QED) is 0.536. The Kier molecular flexibility index (Phi) is 5.83. The molecular weight excluding hydrogens is 420 g/mol. The van der Waals surface area contributed by atoms with Crippen LogP contribution in [0.5, 0.6) is 0 Å². The summed E-state index contributed by atoms with van der Waals surface area (Å²) in [5, 5.41) is 19.6. The van der Waals surface area contributed by atoms with E-state index in [0.717, 1.165) is 6.07 Å². The van der Waals surface area contributed by atoms with Crippen LogP contribution in [0.15, 0.2) is 47.4 Å². The Morgan fingerprint density at radius 1 is 1.10 bits per heavy atom. The highest BCUT2D eigenvalue weighted by Gasteiger charge is 2.31. The van der Waals surface area contributed by atoms with Gasteiger partial charge in [-0.25, -0.2) is 8.42 Å². The van der Waals surface area contributed by atoms with Crippen molar-refractivity contribution < 1.29 is 18.1 Å². The molecule has 1 aliphatic rings. The maximum atomic E-state index is 12.7. The Morgan fingerprint density at radius 3 is 2.24 bits per heavy atom. The Bertz CT molecular complexity index is 1100. The van der Waals surface area contributed by atoms with E-state index >= 15 is 0 Å². The lowest BCUT2D eigenvalue weighted by Gasteiger charge is -2.34. The molecule has 3 rings (SSSR count). The van der Waals surface area contributed by atoms with Crippen LogP contribution in [0.3, 0.4) is 0 Å². The van der Waals surface area contributed by atoms with Gasteiger partial charge >= 0.3 is 0 Å². The van der Waals surface area contributed by atoms with E-state index in [2.05, 4.69) is 0 Å². The second-order valence-electron chi connectivity index (χ2n) is 6.25. The fourth-order valence-electron chi connectivity index (χ4n) is 2.94. The van der Waals surface area contributed by atoms with Gasteiger partial charge in [-0.05, 0) is 30.3 Å². The second kappa shape index (κ2) is 8.16. The number of halogens is 1. The molecule has 29 heavy (non-hydrogen) atoms. The molecule has 0 saturated carbocycles. The van der Waals surface area contributed by atoms with E-state index in [0.29, 0.717) is 5.56 Å². The van der Waals surface area contributed by atoms with Gasteiger partial charge in [-0.15, -0.1) is 0 Å². The van der Waals surface area contributed by atoms with Gasteiger partial charge in [0.05, 0.1) is 32.0 Å². The first kappa shape index (κ1) is 20.7. The third kappa shape index (κ3) is 4.22. The molecule has 1 saturated heterocycles. The van der Waals surface area contributed by atoms with Crippen LogP contribution in [-0.2, 0) is 10.0 Å². The van der Waals surface area contributed by atoms with Crippen LogP contribution in [0.2, 0.25) is 5.02 Å². The van der Waals surface area contributed by atoms with E-state index in [9.17, 15) is 23.3 Å². The molecule has 9 nitrogen and oxygen atoms in total. The zero-order valence-electron chi connectivity index (χ0n) is 15.0. The molecule has 1 amide bonds. The number of nitro groups is 1. The number of hydrogen-bond donors (Lipinski definition) is 0. The third-order valence-electron chi connectivity index (χ3n) is 4.54. The minimum absolute atomic E-state index is 0.0307. The van der Waals surface area contributed by atoms with Crippen molar-refractivity contribution in [1.82, 2.24) is 9.21 Å². The molecule has 0 radical (unpaired) electrons. The van der Waals surface area contributed by atoms with Gasteiger partial charge in [0.1, 0.15) is 0 Å². The molecule has 2 aromatic carbocycles. The number of benzene rings is 2. The minimum atomic E-state index is -3.74. The SMILES string of the molecule is N#Cc1ccc(S(=O)(=O)N2CCN(C(=O)c3ccc([N+](=O)[O-])cc3Cl)CC2)cc1. The van der Waals surface area contributed by atoms with Crippen molar-refractivity contribution in [3.63, 3.8) is 0 Å². The molecule has 0 N–H and O–H groups in total. The number of piperazine rings is 1. The standard InChI is InChI=1S/C18H15ClN4O5S/c19-17-11-14(23(25)26)3-6-16(17)18(24)21-7-9-22(10-8-21)29(27,28)15-4-1-13(12-20)2-5-15/h1-6,11H,7-10H2. The summed E-state index contributed by atoms with van der Waals surface area (Å²) in [5.41, 5.74) is 0.268. The van der Waals surface area contributed by atoms with Gasteiger partial charge in [0.2, 0.25) is 10.0 Å². The van der Waals surface area contributed by atoms with Gasteiger partial charge in [-0.2, -0.15) is 9.57 Å². The highest BCUT2D eigenvalue weighted by molar-refractivity contribution is 7.89. The number of non-ortho nitro benzene ring substituents is 1. The van der Waals surface area contributed by atoms with Crippen molar-refractivity contribution in [2.75, 3.05) is 26.2 Å². The number of rotatable bonds is 4. The number of nitrogens with zero attached hydrogens (tertiary/aromatic N) is 4. The molecular formula is C18H15ClN4O5S. The number of carbonyl (C=O) groups is 1. The molecule has 2 aromatic rings. The average Bonchev–Trinajstić information content (AvgIpc) is 2.73. The molecule has 0 aromatic heterocycles. The summed E-state index contributed by atoms with van der Waals surface area (Å²) in [4.78, 5) is 24.4. The zero-order chi connectivity index (χ0) is 21.2. The van der Waals surface area contributed by atoms with Crippen molar-refractivity contribution in [3.8, 4) is 6.07 Å². The van der Waals surface area contributed by atoms with E-state index in [-0.39, 0.29) is 47.3 Å². The third-order valence-corrected chi connectivity index (χ3v) is 6.77. The predicted molar refractivity (Wildman–Crippen MR) is 104 cm³/mol. The normalized spacial score (nSPS) is 15.0. The van der Waals surface area contributed by atoms with Gasteiger partial charge in [0.25, 0.3) is 11.6 Å². The molecule has 1 heterocycles. The molecule has 1 fully saturated rings. The summed E-state index contributed by atoms with van der Waals surface area (Å²) in [6.45, 7) is 0.501. The van der Waals surface area contributed by atoms with Crippen molar-refractivity contribution >= 4 is 33.2 Å². The number of hydrogen-bond acceptors (Lipinski definition) is 6. The van der Waals surface area contributed by atoms with Crippen molar-refractivity contribution in [3.05, 3.63) is 68.7 Å². The molecule has 0 atom stereocenters. The van der Waals surface area contributed by atoms with Gasteiger partial charge in [-0.1, -0.05) is 11.6 Å². The lowest BCUT2D eigenvalue weighted by molar-refractivity contribution is -0.384. The van der Waals surface area contributed by atoms with Gasteiger partial charge in [0, 0.05) is 38.3 Å². The lowest BCUT2D eigenvalue weighted by Crippen LogP contribution is -2.50. The second-order valence-corrected chi connectivity index (χ2v) is 8.60. The number of nitro benzene ring substituents is 1. The van der Waals surface area contributed by atoms with Crippen molar-refractivity contribution in [2.45, 2.75) is 4.90 Å². The average molecular weight is 435 g/mol. The van der Waals surface area contributed by atoms with E-state index in [4.69, 9.17) is 16.9 Å². The summed E-state index contributed by atoms with van der Waals surface area (Å²) in [6, 6.07) is 11.2. The summed E-state index contributed by atoms with van der Waals surface area (Å²) >= 11 is 6.01. The van der Waals surface area contributed by atoms with Crippen LogP contribution in [0.4, 0.5) is 5.69 Å². The molecule has 0 bridgehead atoms. The molecule has 0 unspecified atom stereocenters. The Balaban J connectivity index is 1.70. The molecule has 150 valence electrons. The van der Waals surface area contributed by atoms with Crippen LogP contribution >= 0.6 is 11.6 Å². The smallest absolute Gasteiger partial charge is 0.270 e. The van der Waals surface area contributed by atoms with Crippen molar-refractivity contribution in [2.24, 2.45) is 0 Å². The fraction of sp³-hybridized carbons (Fsp3) is 0.222. The maximum Gasteiger partial charge on any atom is 0.270 e. The molecule has 1 aliphatic heterocycles. The van der Waals surface area contributed by atoms with Crippen LogP contribution in [0.1, 0.15) is 15.9 Å². The first-order valence-electron chi connectivity index (χ1n) is 8.47. The van der Waals surface area contributed by atoms with E-state index in [1.807, 2.05) is 6.07 Å². The number of sulfonamides is 1. The summed E-state index contributed by atoms with van der Waals surface area (Å²) in [7, 11) is -3.74. The number of nitriles is 1. The van der Waals surface area contributed by atoms with Crippen LogP contribution in [-0.4, -0.2) is 54.6 Å². The van der Waals surface area contributed by atoms with Crippen LogP contribution in [0.25, 0.3) is 0 Å². The first-order valence-corrected chi connectivity index (χ1v) is 10.3. The van der Waals surface area contributed by atoms with Crippen LogP contribution < -0.4 is 0 Å². The number of carbonyl (C=O) groups excluding carboxylic acids is 1. The summed E-state index contributed by atoms with van der Waals surface area (Å²) in [5.74, 6) is -0.416. The Hall–Kier alpha value is -3.00. The summed E-state index contributed by atoms with van der Waals surface area (Å²) in [6.07, 6.45) is 0. The Morgan fingerprint density at radius 2 is 1.72 bits per heavy atom. The van der Waals surface area contributed by atoms with Crippen molar-refractivity contribution in [1.29, 1.82) is 5.26 Å². The van der Waals surface area contributed by atoms with E-state index < -0.39 is 20.9 Å².